The van der Waals surface area contributed by atoms with Crippen molar-refractivity contribution in [1.29, 1.82) is 0 Å². The van der Waals surface area contributed by atoms with Gasteiger partial charge < -0.3 is 15.6 Å². The van der Waals surface area contributed by atoms with Gasteiger partial charge in [-0.15, -0.1) is 19.5 Å². The first-order valence-electron chi connectivity index (χ1n) is 10.8. The molecule has 2 atom stereocenters. The highest BCUT2D eigenvalue weighted by molar-refractivity contribution is 5.73. The molecule has 0 fully saturated rings. The zero-order valence-corrected chi connectivity index (χ0v) is 19.6. The normalized spacial score (nSPS) is 14.2. The molecule has 2 unspecified atom stereocenters. The van der Waals surface area contributed by atoms with Crippen LogP contribution >= 0.6 is 0 Å². The number of rotatable bonds is 7. The van der Waals surface area contributed by atoms with Crippen LogP contribution in [0.1, 0.15) is 68.1 Å². The smallest absolute Gasteiger partial charge is 0.216 e. The maximum Gasteiger partial charge on any atom is 0.216 e. The van der Waals surface area contributed by atoms with E-state index in [1.54, 1.807) is 4.63 Å². The molecule has 4 heterocycles. The minimum Gasteiger partial charge on any atom is -0.356 e. The predicted molar refractivity (Wildman–Crippen MR) is 121 cm³/mol. The first-order chi connectivity index (χ1) is 15.6. The molecule has 12 nitrogen and oxygen atoms in total. The minimum atomic E-state index is -0.0888. The fraction of sp³-hybridized carbons (Fsp3) is 0.476. The Labute approximate surface area is 189 Å². The first-order valence-corrected chi connectivity index (χ1v) is 10.8. The van der Waals surface area contributed by atoms with E-state index in [-0.39, 0.29) is 23.7 Å². The van der Waals surface area contributed by atoms with Crippen LogP contribution in [0.2, 0.25) is 0 Å². The van der Waals surface area contributed by atoms with Crippen LogP contribution in [-0.2, 0) is 9.59 Å². The van der Waals surface area contributed by atoms with Crippen LogP contribution in [0.25, 0.3) is 17.4 Å². The van der Waals surface area contributed by atoms with E-state index in [4.69, 9.17) is 0 Å². The Kier molecular flexibility index (Phi) is 5.83. The third-order valence-electron chi connectivity index (χ3n) is 5.53. The summed E-state index contributed by atoms with van der Waals surface area (Å²) in [5.74, 6) is 1.14. The molecule has 0 saturated heterocycles. The SMILES string of the molecule is CC(=O)NCC(C)c1nc2/c(=C\c3c(C)nn4nc(C(C)CNC(C)=O)[nH]c34)c(C)nn2n1. The van der Waals surface area contributed by atoms with Crippen molar-refractivity contribution in [2.45, 2.75) is 53.4 Å². The van der Waals surface area contributed by atoms with Gasteiger partial charge in [0.15, 0.2) is 17.1 Å². The van der Waals surface area contributed by atoms with Gasteiger partial charge in [-0.1, -0.05) is 13.8 Å². The molecule has 12 heteroatoms. The molecule has 0 radical (unpaired) electrons. The number of hydrogen-bond acceptors (Lipinski definition) is 7. The number of nitrogens with one attached hydrogen (secondary N) is 3. The molecule has 33 heavy (non-hydrogen) atoms. The van der Waals surface area contributed by atoms with Gasteiger partial charge in [0.25, 0.3) is 0 Å². The fourth-order valence-corrected chi connectivity index (χ4v) is 3.58. The van der Waals surface area contributed by atoms with Gasteiger partial charge in [0.2, 0.25) is 11.8 Å². The molecule has 0 bridgehead atoms. The van der Waals surface area contributed by atoms with Crippen molar-refractivity contribution in [3.05, 3.63) is 33.8 Å². The third-order valence-corrected chi connectivity index (χ3v) is 5.53. The lowest BCUT2D eigenvalue weighted by Gasteiger charge is -2.07. The second-order valence-electron chi connectivity index (χ2n) is 8.45. The molecule has 3 N–H and O–H groups in total. The third kappa shape index (κ3) is 4.41. The van der Waals surface area contributed by atoms with E-state index >= 15 is 0 Å². The van der Waals surface area contributed by atoms with Crippen molar-refractivity contribution in [3.8, 4) is 0 Å². The zero-order valence-electron chi connectivity index (χ0n) is 19.6. The number of aromatic amines is 1. The van der Waals surface area contributed by atoms with Crippen molar-refractivity contribution in [2.24, 2.45) is 0 Å². The molecule has 0 aliphatic rings. The number of aryl methyl sites for hydroxylation is 2. The van der Waals surface area contributed by atoms with Crippen molar-refractivity contribution in [2.75, 3.05) is 13.1 Å². The average molecular weight is 453 g/mol. The Hall–Kier alpha value is -3.83. The summed E-state index contributed by atoms with van der Waals surface area (Å²) in [7, 11) is 0. The second kappa shape index (κ2) is 8.60. The van der Waals surface area contributed by atoms with Crippen LogP contribution in [0.3, 0.4) is 0 Å². The Morgan fingerprint density at radius 1 is 0.939 bits per heavy atom. The summed E-state index contributed by atoms with van der Waals surface area (Å²) in [5.41, 5.74) is 3.90. The maximum absolute atomic E-state index is 11.2. The Bertz CT molecular complexity index is 1400. The molecule has 4 aromatic heterocycles. The number of nitrogens with zero attached hydrogens (tertiary/aromatic N) is 7. The number of H-pyrrole nitrogens is 1. The number of aromatic nitrogens is 8. The molecule has 174 valence electrons. The lowest BCUT2D eigenvalue weighted by molar-refractivity contribution is -0.119. The first kappa shape index (κ1) is 22.4. The largest absolute Gasteiger partial charge is 0.356 e. The van der Waals surface area contributed by atoms with Crippen LogP contribution in [0, 0.1) is 13.8 Å². The number of hydrogen-bond donors (Lipinski definition) is 3. The minimum absolute atomic E-state index is 0.00180. The van der Waals surface area contributed by atoms with Gasteiger partial charge in [-0.25, -0.2) is 4.98 Å². The second-order valence-corrected chi connectivity index (χ2v) is 8.45. The van der Waals surface area contributed by atoms with Crippen LogP contribution in [0.4, 0.5) is 0 Å². The number of fused-ring (bicyclic) bond motifs is 2. The Morgan fingerprint density at radius 2 is 1.58 bits per heavy atom. The van der Waals surface area contributed by atoms with Crippen molar-refractivity contribution < 1.29 is 9.59 Å². The molecule has 0 spiro atoms. The zero-order chi connectivity index (χ0) is 23.9. The van der Waals surface area contributed by atoms with E-state index in [1.165, 1.54) is 18.5 Å². The molecule has 0 saturated carbocycles. The number of carbonyl (C=O) groups excluding carboxylic acids is 2. The van der Waals surface area contributed by atoms with Gasteiger partial charge in [0, 0.05) is 49.6 Å². The molecular formula is C21H28N10O2. The van der Waals surface area contributed by atoms with Gasteiger partial charge in [-0.3, -0.25) is 9.59 Å². The molecule has 0 aliphatic heterocycles. The van der Waals surface area contributed by atoms with Crippen molar-refractivity contribution >= 4 is 29.2 Å². The predicted octanol–water partition coefficient (Wildman–Crippen LogP) is 0.139. The van der Waals surface area contributed by atoms with Crippen LogP contribution in [0.15, 0.2) is 0 Å². The summed E-state index contributed by atoms with van der Waals surface area (Å²) in [5, 5.41) is 24.5. The van der Waals surface area contributed by atoms with Crippen molar-refractivity contribution in [1.82, 2.24) is 50.3 Å². The van der Waals surface area contributed by atoms with E-state index in [0.717, 1.165) is 33.6 Å². The highest BCUT2D eigenvalue weighted by Gasteiger charge is 2.19. The van der Waals surface area contributed by atoms with Gasteiger partial charge in [-0.2, -0.15) is 10.2 Å². The summed E-state index contributed by atoms with van der Waals surface area (Å²) in [6, 6.07) is 0. The summed E-state index contributed by atoms with van der Waals surface area (Å²) in [6.07, 6.45) is 1.99. The average Bonchev–Trinajstić information content (AvgIpc) is 3.46. The molecule has 2 amide bonds. The molecular weight excluding hydrogens is 424 g/mol. The maximum atomic E-state index is 11.2. The lowest BCUT2D eigenvalue weighted by atomic mass is 10.1. The summed E-state index contributed by atoms with van der Waals surface area (Å²) in [6.45, 7) is 11.7. The van der Waals surface area contributed by atoms with Gasteiger partial charge in [0.05, 0.1) is 11.4 Å². The molecule has 4 aromatic rings. The standard InChI is InChI=1S/C21H28N10O2/c1-10(8-22-14(5)32)18-24-20-16(12(3)26-30(20)28-18)7-17-13(4)27-31-21(17)25-19(29-31)11(2)9-23-15(6)33/h7,10-11H,8-9H2,1-6H3,(H,22,32)(H,23,33)(H,24,28)/b17-7-. The van der Waals surface area contributed by atoms with E-state index in [9.17, 15) is 9.59 Å². The summed E-state index contributed by atoms with van der Waals surface area (Å²) >= 11 is 0. The highest BCUT2D eigenvalue weighted by atomic mass is 16.2. The van der Waals surface area contributed by atoms with E-state index in [0.29, 0.717) is 24.6 Å². The van der Waals surface area contributed by atoms with E-state index in [2.05, 4.69) is 41.0 Å². The molecule has 0 aromatic carbocycles. The fourth-order valence-electron chi connectivity index (χ4n) is 3.58. The van der Waals surface area contributed by atoms with Crippen LogP contribution < -0.4 is 15.9 Å². The van der Waals surface area contributed by atoms with Gasteiger partial charge >= 0.3 is 0 Å². The van der Waals surface area contributed by atoms with E-state index in [1.807, 2.05) is 33.8 Å². The van der Waals surface area contributed by atoms with Crippen LogP contribution in [0.5, 0.6) is 0 Å². The summed E-state index contributed by atoms with van der Waals surface area (Å²) in [4.78, 5) is 30.5. The lowest BCUT2D eigenvalue weighted by Crippen LogP contribution is -2.25. The number of carbonyl (C=O) groups is 2. The molecule has 0 aliphatic carbocycles. The Morgan fingerprint density at radius 3 is 2.24 bits per heavy atom. The Balaban J connectivity index is 1.72. The highest BCUT2D eigenvalue weighted by Crippen LogP contribution is 2.18. The topological polar surface area (TPSA) is 147 Å². The number of amides is 2. The summed E-state index contributed by atoms with van der Waals surface area (Å²) < 4.78 is 3.11. The van der Waals surface area contributed by atoms with Crippen LogP contribution in [-0.4, -0.2) is 64.5 Å². The molecule has 4 rings (SSSR count). The van der Waals surface area contributed by atoms with Gasteiger partial charge in [-0.05, 0) is 19.9 Å². The van der Waals surface area contributed by atoms with Crippen molar-refractivity contribution in [3.63, 3.8) is 0 Å². The monoisotopic (exact) mass is 452 g/mol. The quantitative estimate of drug-likeness (QED) is 0.361. The van der Waals surface area contributed by atoms with E-state index < -0.39 is 0 Å². The van der Waals surface area contributed by atoms with Gasteiger partial charge in [0.1, 0.15) is 5.82 Å².